The fraction of sp³-hybridized carbons (Fsp3) is 0.436. The van der Waals surface area contributed by atoms with Crippen LogP contribution < -0.4 is 22.1 Å². The van der Waals surface area contributed by atoms with E-state index in [4.69, 9.17) is 21.3 Å². The van der Waals surface area contributed by atoms with E-state index >= 15 is 4.39 Å². The normalized spacial score (nSPS) is 13.5. The molecular formula is C39H50F2N6O10S. The number of hydrogen-bond donors (Lipinski definition) is 7. The van der Waals surface area contributed by atoms with E-state index in [9.17, 15) is 43.4 Å². The van der Waals surface area contributed by atoms with Crippen molar-refractivity contribution in [1.82, 2.24) is 20.1 Å². The molecule has 9 N–H and O–H groups in total. The molecule has 0 aliphatic rings. The molecule has 3 amide bonds. The smallest absolute Gasteiger partial charge is 0.321 e. The van der Waals surface area contributed by atoms with Gasteiger partial charge in [0.05, 0.1) is 36.0 Å². The molecule has 0 aliphatic heterocycles. The zero-order chi connectivity index (χ0) is 43.0. The van der Waals surface area contributed by atoms with Crippen molar-refractivity contribution in [2.24, 2.45) is 16.9 Å². The van der Waals surface area contributed by atoms with E-state index in [0.717, 1.165) is 40.4 Å². The van der Waals surface area contributed by atoms with Crippen molar-refractivity contribution in [3.05, 3.63) is 83.7 Å². The van der Waals surface area contributed by atoms with Crippen molar-refractivity contribution in [3.63, 3.8) is 0 Å². The molecule has 0 aliphatic carbocycles. The highest BCUT2D eigenvalue weighted by molar-refractivity contribution is 8.00. The molecule has 0 saturated carbocycles. The molecule has 1 heterocycles. The van der Waals surface area contributed by atoms with Crippen LogP contribution in [0.1, 0.15) is 44.0 Å². The van der Waals surface area contributed by atoms with Crippen molar-refractivity contribution in [1.29, 1.82) is 0 Å². The standard InChI is InChI=1S/C39H50F2N6O10S/c1-39(2,38(55)56)35(32-16-25(28-17-26(40)8-9-29(28)41)20-46(32)19-24-6-4-3-5-7-24)47(34(51)22-49)13-10-30(42)36(52)45-12-15-57-14-11-44-33(50)18-27(21-48)58-23-31(43)37(53)54/h3-9,16-17,20-21,27,30-31,35,49H,10-15,18-19,22-23,42-43H2,1-2H3,(H,44,50)(H,45,52)(H,53,54)(H,55,56)/t27?,30-,31-,35-/m0/s1. The number of aldehydes is 1. The van der Waals surface area contributed by atoms with Gasteiger partial charge in [-0.15, -0.1) is 11.8 Å². The van der Waals surface area contributed by atoms with Gasteiger partial charge in [-0.25, -0.2) is 8.78 Å². The van der Waals surface area contributed by atoms with Crippen molar-refractivity contribution < 1.29 is 57.6 Å². The fourth-order valence-corrected chi connectivity index (χ4v) is 6.86. The molecule has 316 valence electrons. The van der Waals surface area contributed by atoms with Gasteiger partial charge in [0.15, 0.2) is 0 Å². The average Bonchev–Trinajstić information content (AvgIpc) is 3.59. The average molecular weight is 833 g/mol. The summed E-state index contributed by atoms with van der Waals surface area (Å²) in [5.74, 6) is -5.91. The highest BCUT2D eigenvalue weighted by Gasteiger charge is 2.45. The second-order valence-electron chi connectivity index (χ2n) is 13.9. The van der Waals surface area contributed by atoms with Gasteiger partial charge in [-0.2, -0.15) is 0 Å². The van der Waals surface area contributed by atoms with E-state index < -0.39 is 76.7 Å². The second kappa shape index (κ2) is 22.7. The van der Waals surface area contributed by atoms with Crippen LogP contribution in [0.25, 0.3) is 11.1 Å². The predicted molar refractivity (Wildman–Crippen MR) is 210 cm³/mol. The number of ether oxygens (including phenoxy) is 1. The molecule has 16 nitrogen and oxygen atoms in total. The number of thioether (sulfide) groups is 1. The second-order valence-corrected chi connectivity index (χ2v) is 15.1. The van der Waals surface area contributed by atoms with Crippen molar-refractivity contribution in [3.8, 4) is 11.1 Å². The molecule has 0 fully saturated rings. The number of carboxylic acid groups (broad SMARTS) is 2. The third-order valence-corrected chi connectivity index (χ3v) is 10.4. The number of nitrogens with zero attached hydrogens (tertiary/aromatic N) is 2. The van der Waals surface area contributed by atoms with Crippen LogP contribution in [0.4, 0.5) is 8.78 Å². The zero-order valence-corrected chi connectivity index (χ0v) is 33.0. The molecular weight excluding hydrogens is 783 g/mol. The molecule has 0 radical (unpaired) electrons. The zero-order valence-electron chi connectivity index (χ0n) is 32.1. The van der Waals surface area contributed by atoms with Gasteiger partial charge in [0, 0.05) is 61.4 Å². The lowest BCUT2D eigenvalue weighted by molar-refractivity contribution is -0.155. The summed E-state index contributed by atoms with van der Waals surface area (Å²) in [7, 11) is 0. The van der Waals surface area contributed by atoms with E-state index in [0.29, 0.717) is 6.29 Å². The number of benzene rings is 2. The maximum absolute atomic E-state index is 15.0. The van der Waals surface area contributed by atoms with Gasteiger partial charge in [0.2, 0.25) is 17.7 Å². The summed E-state index contributed by atoms with van der Waals surface area (Å²) in [5.41, 5.74) is 11.0. The number of hydrogen-bond acceptors (Lipinski definition) is 11. The number of amides is 3. The summed E-state index contributed by atoms with van der Waals surface area (Å²) in [4.78, 5) is 74.6. The Bertz CT molecular complexity index is 1880. The molecule has 3 rings (SSSR count). The summed E-state index contributed by atoms with van der Waals surface area (Å²) >= 11 is 0.959. The predicted octanol–water partition coefficient (Wildman–Crippen LogP) is 1.52. The number of aliphatic hydroxyl groups excluding tert-OH is 1. The molecule has 2 aromatic carbocycles. The number of aromatic nitrogens is 1. The third-order valence-electron chi connectivity index (χ3n) is 9.12. The first-order valence-electron chi connectivity index (χ1n) is 18.3. The Morgan fingerprint density at radius 2 is 1.66 bits per heavy atom. The molecule has 4 atom stereocenters. The van der Waals surface area contributed by atoms with Crippen LogP contribution in [-0.2, 0) is 40.0 Å². The first kappa shape index (κ1) is 47.2. The van der Waals surface area contributed by atoms with Crippen LogP contribution in [0, 0.1) is 17.0 Å². The number of rotatable bonds is 25. The number of aliphatic hydroxyl groups is 1. The third kappa shape index (κ3) is 13.7. The lowest BCUT2D eigenvalue weighted by atomic mass is 9.80. The maximum atomic E-state index is 15.0. The SMILES string of the molecule is CC(C)(C(=O)O)[C@H](c1cc(-c2cc(F)ccc2F)cn1Cc1ccccc1)N(CC[C@H](N)C(=O)NCCOCCNC(=O)CC(C=O)SC[C@H](N)C(=O)O)C(=O)CO. The number of halogens is 2. The Labute approximate surface area is 338 Å². The van der Waals surface area contributed by atoms with E-state index in [1.54, 1.807) is 16.7 Å². The van der Waals surface area contributed by atoms with Gasteiger partial charge in [-0.1, -0.05) is 30.3 Å². The summed E-state index contributed by atoms with van der Waals surface area (Å²) in [6.45, 7) is 1.86. The van der Waals surface area contributed by atoms with Gasteiger partial charge in [-0.3, -0.25) is 24.0 Å². The van der Waals surface area contributed by atoms with Gasteiger partial charge in [-0.05, 0) is 50.1 Å². The maximum Gasteiger partial charge on any atom is 0.321 e. The number of nitrogens with two attached hydrogens (primary N) is 2. The lowest BCUT2D eigenvalue weighted by Gasteiger charge is -2.40. The lowest BCUT2D eigenvalue weighted by Crippen LogP contribution is -2.50. The van der Waals surface area contributed by atoms with Crippen LogP contribution in [0.2, 0.25) is 0 Å². The quantitative estimate of drug-likeness (QED) is 0.0473. The molecule has 1 unspecified atom stereocenters. The number of carbonyl (C=O) groups is 6. The van der Waals surface area contributed by atoms with Gasteiger partial charge >= 0.3 is 11.9 Å². The van der Waals surface area contributed by atoms with Crippen LogP contribution in [0.5, 0.6) is 0 Å². The summed E-state index contributed by atoms with van der Waals surface area (Å²) in [6.07, 6.45) is 1.73. The highest BCUT2D eigenvalue weighted by atomic mass is 32.2. The first-order valence-corrected chi connectivity index (χ1v) is 19.3. The first-order chi connectivity index (χ1) is 27.5. The van der Waals surface area contributed by atoms with E-state index in [-0.39, 0.29) is 74.8 Å². The number of carboxylic acids is 2. The Balaban J connectivity index is 1.68. The molecule has 1 aromatic heterocycles. The molecule has 58 heavy (non-hydrogen) atoms. The van der Waals surface area contributed by atoms with E-state index in [1.165, 1.54) is 26.1 Å². The van der Waals surface area contributed by atoms with E-state index in [2.05, 4.69) is 10.6 Å². The van der Waals surface area contributed by atoms with Gasteiger partial charge in [0.1, 0.15) is 30.6 Å². The largest absolute Gasteiger partial charge is 0.481 e. The van der Waals surface area contributed by atoms with E-state index in [1.807, 2.05) is 18.2 Å². The molecule has 0 bridgehead atoms. The molecule has 19 heteroatoms. The van der Waals surface area contributed by atoms with Crippen molar-refractivity contribution >= 4 is 47.7 Å². The van der Waals surface area contributed by atoms with Crippen LogP contribution >= 0.6 is 11.8 Å². The molecule has 0 spiro atoms. The van der Waals surface area contributed by atoms with Gasteiger partial charge in [0.25, 0.3) is 0 Å². The number of nitrogens with one attached hydrogen (secondary N) is 2. The Hall–Kier alpha value is -5.21. The van der Waals surface area contributed by atoms with Gasteiger partial charge < -0.3 is 56.4 Å². The van der Waals surface area contributed by atoms with Crippen LogP contribution in [0.3, 0.4) is 0 Å². The van der Waals surface area contributed by atoms with Crippen molar-refractivity contribution in [2.45, 2.75) is 56.6 Å². The number of aliphatic carboxylic acids is 2. The Morgan fingerprint density at radius 1 is 0.983 bits per heavy atom. The Morgan fingerprint density at radius 3 is 2.28 bits per heavy atom. The van der Waals surface area contributed by atoms with Crippen LogP contribution in [-0.4, -0.2) is 123 Å². The minimum Gasteiger partial charge on any atom is -0.481 e. The summed E-state index contributed by atoms with van der Waals surface area (Å²) in [6, 6.07) is 9.81. The number of carbonyl (C=O) groups excluding carboxylic acids is 4. The van der Waals surface area contributed by atoms with Crippen molar-refractivity contribution in [2.75, 3.05) is 45.2 Å². The summed E-state index contributed by atoms with van der Waals surface area (Å²) in [5, 5.41) is 33.8. The highest BCUT2D eigenvalue weighted by Crippen LogP contribution is 2.42. The molecule has 3 aromatic rings. The van der Waals surface area contributed by atoms with Crippen LogP contribution in [0.15, 0.2) is 60.8 Å². The topological polar surface area (TPSA) is 257 Å². The minimum absolute atomic E-state index is 0.0224. The minimum atomic E-state index is -1.73. The summed E-state index contributed by atoms with van der Waals surface area (Å²) < 4.78 is 36.4. The monoisotopic (exact) mass is 832 g/mol. The molecule has 0 saturated heterocycles. The Kier molecular flexibility index (Phi) is 18.4. The fourth-order valence-electron chi connectivity index (χ4n) is 5.92.